The van der Waals surface area contributed by atoms with E-state index in [0.29, 0.717) is 49.8 Å². The van der Waals surface area contributed by atoms with Gasteiger partial charge in [-0.1, -0.05) is 6.07 Å². The summed E-state index contributed by atoms with van der Waals surface area (Å²) in [6.07, 6.45) is -5.05. The van der Waals surface area contributed by atoms with Crippen LogP contribution in [-0.4, -0.2) is 61.3 Å². The lowest BCUT2D eigenvalue weighted by Gasteiger charge is -2.37. The minimum atomic E-state index is -4.35. The van der Waals surface area contributed by atoms with E-state index in [1.807, 2.05) is 4.90 Å². The van der Waals surface area contributed by atoms with Crippen LogP contribution in [0.15, 0.2) is 48.5 Å². The average Bonchev–Trinajstić information content (AvgIpc) is 2.73. The fourth-order valence-electron chi connectivity index (χ4n) is 3.45. The Labute approximate surface area is 179 Å². The van der Waals surface area contributed by atoms with Gasteiger partial charge in [-0.2, -0.15) is 13.2 Å². The number of carbonyl (C=O) groups is 1. The molecule has 9 heteroatoms. The maximum absolute atomic E-state index is 12.9. The molecule has 2 aromatic rings. The van der Waals surface area contributed by atoms with Crippen LogP contribution in [0.25, 0.3) is 0 Å². The topological polar surface area (TPSA) is 65.0 Å². The van der Waals surface area contributed by atoms with Crippen LogP contribution in [-0.2, 0) is 11.0 Å². The number of hydrogen-bond acceptors (Lipinski definition) is 5. The number of β-amino-alcohol motifs (C(OH)–C–C–N with tert-alkyl or cyclic N) is 1. The minimum Gasteiger partial charge on any atom is -0.491 e. The summed E-state index contributed by atoms with van der Waals surface area (Å²) in [5.74, 6) is 0.430. The lowest BCUT2D eigenvalue weighted by Crippen LogP contribution is -2.49. The van der Waals surface area contributed by atoms with E-state index in [2.05, 4.69) is 10.2 Å². The van der Waals surface area contributed by atoms with E-state index in [4.69, 9.17) is 4.74 Å². The maximum Gasteiger partial charge on any atom is 0.416 e. The van der Waals surface area contributed by atoms with Crippen LogP contribution in [0, 0.1) is 0 Å². The monoisotopic (exact) mass is 437 g/mol. The summed E-state index contributed by atoms with van der Waals surface area (Å²) < 4.78 is 44.4. The third-order valence-electron chi connectivity index (χ3n) is 5.00. The third kappa shape index (κ3) is 6.86. The molecule has 168 valence electrons. The molecule has 0 aromatic heterocycles. The second kappa shape index (κ2) is 10.0. The van der Waals surface area contributed by atoms with Crippen LogP contribution in [0.5, 0.6) is 5.75 Å². The molecule has 0 radical (unpaired) electrons. The number of hydrogen-bond donors (Lipinski definition) is 2. The fourth-order valence-corrected chi connectivity index (χ4v) is 3.45. The van der Waals surface area contributed by atoms with Gasteiger partial charge in [-0.25, -0.2) is 0 Å². The van der Waals surface area contributed by atoms with Gasteiger partial charge in [-0.15, -0.1) is 0 Å². The van der Waals surface area contributed by atoms with E-state index < -0.39 is 17.8 Å². The molecule has 1 atom stereocenters. The van der Waals surface area contributed by atoms with Crippen molar-refractivity contribution >= 4 is 17.3 Å². The predicted molar refractivity (Wildman–Crippen MR) is 112 cm³/mol. The lowest BCUT2D eigenvalue weighted by molar-refractivity contribution is -0.137. The highest BCUT2D eigenvalue weighted by atomic mass is 19.4. The maximum atomic E-state index is 12.9. The standard InChI is InChI=1S/C22H26F3N3O3/c1-16(29)26-18-5-7-21(8-6-18)31-15-20(30)14-27-9-11-28(12-10-27)19-4-2-3-17(13-19)22(23,24)25/h2-8,13,20,30H,9-12,14-15H2,1H3,(H,26,29)/t20-/m0/s1. The SMILES string of the molecule is CC(=O)Nc1ccc(OC[C@@H](O)CN2CCN(c3cccc(C(F)(F)F)c3)CC2)cc1. The zero-order valence-corrected chi connectivity index (χ0v) is 17.2. The largest absolute Gasteiger partial charge is 0.491 e. The number of halogens is 3. The molecule has 31 heavy (non-hydrogen) atoms. The van der Waals surface area contributed by atoms with Gasteiger partial charge >= 0.3 is 6.18 Å². The smallest absolute Gasteiger partial charge is 0.416 e. The molecule has 0 unspecified atom stereocenters. The molecule has 0 saturated carbocycles. The molecule has 1 heterocycles. The highest BCUT2D eigenvalue weighted by Crippen LogP contribution is 2.31. The van der Waals surface area contributed by atoms with Crippen molar-refractivity contribution in [2.75, 3.05) is 49.5 Å². The number of carbonyl (C=O) groups excluding carboxylic acids is 1. The number of anilines is 2. The molecule has 0 spiro atoms. The van der Waals surface area contributed by atoms with Crippen molar-refractivity contribution in [3.63, 3.8) is 0 Å². The van der Waals surface area contributed by atoms with Crippen molar-refractivity contribution in [2.45, 2.75) is 19.2 Å². The molecular weight excluding hydrogens is 411 g/mol. The van der Waals surface area contributed by atoms with Crippen molar-refractivity contribution in [3.8, 4) is 5.75 Å². The Balaban J connectivity index is 1.43. The number of alkyl halides is 3. The molecule has 1 saturated heterocycles. The van der Waals surface area contributed by atoms with Gasteiger partial charge in [-0.3, -0.25) is 9.69 Å². The summed E-state index contributed by atoms with van der Waals surface area (Å²) in [6.45, 7) is 4.41. The number of nitrogens with one attached hydrogen (secondary N) is 1. The van der Waals surface area contributed by atoms with Gasteiger partial charge in [0.2, 0.25) is 5.91 Å². The van der Waals surface area contributed by atoms with Crippen LogP contribution in [0.3, 0.4) is 0 Å². The van der Waals surface area contributed by atoms with Gasteiger partial charge in [0.15, 0.2) is 0 Å². The highest BCUT2D eigenvalue weighted by Gasteiger charge is 2.31. The molecular formula is C22H26F3N3O3. The van der Waals surface area contributed by atoms with E-state index in [1.165, 1.54) is 19.1 Å². The molecule has 1 aliphatic rings. The Morgan fingerprint density at radius 3 is 2.42 bits per heavy atom. The summed E-state index contributed by atoms with van der Waals surface area (Å²) in [7, 11) is 0. The van der Waals surface area contributed by atoms with E-state index in [0.717, 1.165) is 6.07 Å². The predicted octanol–water partition coefficient (Wildman–Crippen LogP) is 3.23. The van der Waals surface area contributed by atoms with Gasteiger partial charge in [0, 0.05) is 51.0 Å². The van der Waals surface area contributed by atoms with Gasteiger partial charge < -0.3 is 20.1 Å². The second-order valence-electron chi connectivity index (χ2n) is 7.51. The fraction of sp³-hybridized carbons (Fsp3) is 0.409. The normalized spacial score (nSPS) is 16.1. The van der Waals surface area contributed by atoms with Crippen LogP contribution in [0.4, 0.5) is 24.5 Å². The first kappa shape index (κ1) is 22.9. The van der Waals surface area contributed by atoms with Crippen molar-refractivity contribution in [3.05, 3.63) is 54.1 Å². The third-order valence-corrected chi connectivity index (χ3v) is 5.00. The Morgan fingerprint density at radius 2 is 1.81 bits per heavy atom. The minimum absolute atomic E-state index is 0.118. The Bertz CT molecular complexity index is 866. The molecule has 3 rings (SSSR count). The summed E-state index contributed by atoms with van der Waals surface area (Å²) in [4.78, 5) is 15.0. The number of piperazine rings is 1. The molecule has 2 N–H and O–H groups in total. The zero-order valence-electron chi connectivity index (χ0n) is 17.2. The summed E-state index contributed by atoms with van der Waals surface area (Å²) in [5.41, 5.74) is 0.574. The second-order valence-corrected chi connectivity index (χ2v) is 7.51. The van der Waals surface area contributed by atoms with E-state index in [-0.39, 0.29) is 12.5 Å². The molecule has 2 aromatic carbocycles. The Kier molecular flexibility index (Phi) is 7.40. The van der Waals surface area contributed by atoms with Crippen LogP contribution >= 0.6 is 0 Å². The van der Waals surface area contributed by atoms with Crippen LogP contribution in [0.1, 0.15) is 12.5 Å². The average molecular weight is 437 g/mol. The van der Waals surface area contributed by atoms with Gasteiger partial charge in [0.1, 0.15) is 18.5 Å². The van der Waals surface area contributed by atoms with E-state index in [9.17, 15) is 23.1 Å². The molecule has 0 bridgehead atoms. The van der Waals surface area contributed by atoms with Crippen molar-refractivity contribution in [1.29, 1.82) is 0 Å². The Hall–Kier alpha value is -2.78. The van der Waals surface area contributed by atoms with Crippen molar-refractivity contribution in [1.82, 2.24) is 4.90 Å². The molecule has 1 fully saturated rings. The summed E-state index contributed by atoms with van der Waals surface area (Å²) >= 11 is 0. The first-order valence-electron chi connectivity index (χ1n) is 10.0. The van der Waals surface area contributed by atoms with Crippen LogP contribution < -0.4 is 15.0 Å². The number of aliphatic hydroxyl groups is 1. The molecule has 1 amide bonds. The van der Waals surface area contributed by atoms with Gasteiger partial charge in [0.05, 0.1) is 5.56 Å². The number of rotatable bonds is 7. The van der Waals surface area contributed by atoms with Crippen molar-refractivity contribution < 1.29 is 27.8 Å². The number of benzene rings is 2. The summed E-state index contributed by atoms with van der Waals surface area (Å²) in [5, 5.41) is 12.9. The van der Waals surface area contributed by atoms with E-state index >= 15 is 0 Å². The quantitative estimate of drug-likeness (QED) is 0.697. The molecule has 1 aliphatic heterocycles. The van der Waals surface area contributed by atoms with Gasteiger partial charge in [-0.05, 0) is 42.5 Å². The number of amides is 1. The molecule has 6 nitrogen and oxygen atoms in total. The number of nitrogens with zero attached hydrogens (tertiary/aromatic N) is 2. The Morgan fingerprint density at radius 1 is 1.13 bits per heavy atom. The number of ether oxygens (including phenoxy) is 1. The first-order chi connectivity index (χ1) is 14.7. The summed E-state index contributed by atoms with van der Waals surface area (Å²) in [6, 6.07) is 12.2. The zero-order chi connectivity index (χ0) is 22.4. The lowest BCUT2D eigenvalue weighted by atomic mass is 10.1. The van der Waals surface area contributed by atoms with Gasteiger partial charge in [0.25, 0.3) is 0 Å². The van der Waals surface area contributed by atoms with Crippen LogP contribution in [0.2, 0.25) is 0 Å². The molecule has 0 aliphatic carbocycles. The highest BCUT2D eigenvalue weighted by molar-refractivity contribution is 5.88. The van der Waals surface area contributed by atoms with E-state index in [1.54, 1.807) is 30.3 Å². The first-order valence-corrected chi connectivity index (χ1v) is 10.0. The van der Waals surface area contributed by atoms with Crippen molar-refractivity contribution in [2.24, 2.45) is 0 Å². The number of aliphatic hydroxyl groups excluding tert-OH is 1.